The van der Waals surface area contributed by atoms with Crippen LogP contribution in [0.3, 0.4) is 0 Å². The van der Waals surface area contributed by atoms with Crippen molar-refractivity contribution in [3.63, 3.8) is 0 Å². The van der Waals surface area contributed by atoms with Crippen LogP contribution in [0, 0.1) is 10.1 Å². The molecule has 0 atom stereocenters. The number of hydrogen-bond acceptors (Lipinski definition) is 5. The van der Waals surface area contributed by atoms with Gasteiger partial charge >= 0.3 is 0 Å². The van der Waals surface area contributed by atoms with E-state index in [-0.39, 0.29) is 22.5 Å². The number of nitrogens with one attached hydrogen (secondary N) is 1. The second-order valence-corrected chi connectivity index (χ2v) is 4.58. The molecular formula is C12H12ClN5O3. The van der Waals surface area contributed by atoms with Gasteiger partial charge < -0.3 is 4.57 Å². The molecule has 9 heteroatoms. The molecule has 0 aromatic carbocycles. The highest BCUT2D eigenvalue weighted by molar-refractivity contribution is 6.29. The zero-order valence-corrected chi connectivity index (χ0v) is 11.9. The molecule has 0 radical (unpaired) electrons. The number of hydrogen-bond donors (Lipinski definition) is 1. The van der Waals surface area contributed by atoms with E-state index in [0.29, 0.717) is 6.54 Å². The van der Waals surface area contributed by atoms with Crippen LogP contribution in [0.5, 0.6) is 0 Å². The molecule has 2 aromatic heterocycles. The first-order chi connectivity index (χ1) is 10.0. The van der Waals surface area contributed by atoms with Crippen LogP contribution in [-0.2, 0) is 6.54 Å². The van der Waals surface area contributed by atoms with Gasteiger partial charge in [-0.15, -0.1) is 0 Å². The number of nitro groups is 1. The minimum Gasteiger partial charge on any atom is -0.337 e. The first kappa shape index (κ1) is 14.9. The zero-order chi connectivity index (χ0) is 15.4. The van der Waals surface area contributed by atoms with E-state index < -0.39 is 10.8 Å². The van der Waals surface area contributed by atoms with Crippen LogP contribution >= 0.6 is 11.6 Å². The summed E-state index contributed by atoms with van der Waals surface area (Å²) in [6.45, 7) is 2.40. The van der Waals surface area contributed by atoms with Gasteiger partial charge in [0.2, 0.25) is 5.95 Å². The van der Waals surface area contributed by atoms with Crippen LogP contribution < -0.4 is 5.32 Å². The summed E-state index contributed by atoms with van der Waals surface area (Å²) in [5.41, 5.74) is 0.0349. The highest BCUT2D eigenvalue weighted by Crippen LogP contribution is 2.18. The van der Waals surface area contributed by atoms with Gasteiger partial charge in [0.25, 0.3) is 11.6 Å². The topological polar surface area (TPSA) is 103 Å². The molecule has 0 aliphatic rings. The third-order valence-corrected chi connectivity index (χ3v) is 2.85. The Labute approximate surface area is 124 Å². The molecule has 2 rings (SSSR count). The molecule has 2 heterocycles. The maximum absolute atomic E-state index is 12.2. The van der Waals surface area contributed by atoms with Crippen LogP contribution in [0.4, 0.5) is 11.6 Å². The molecule has 21 heavy (non-hydrogen) atoms. The van der Waals surface area contributed by atoms with Gasteiger partial charge in [-0.2, -0.15) is 0 Å². The van der Waals surface area contributed by atoms with E-state index in [2.05, 4.69) is 15.3 Å². The highest BCUT2D eigenvalue weighted by atomic mass is 35.5. The molecule has 1 amide bonds. The second-order valence-electron chi connectivity index (χ2n) is 4.19. The smallest absolute Gasteiger partial charge is 0.287 e. The number of halogens is 1. The standard InChI is InChI=1S/C12H12ClN5O3/c1-2-5-17-7-8(18(20)21)6-9(17)11(19)16-12-14-4-3-10(13)15-12/h3-4,6-7H,2,5H2,1H3,(H,14,15,16,19). The van der Waals surface area contributed by atoms with Crippen LogP contribution in [0.25, 0.3) is 0 Å². The molecule has 0 spiro atoms. The maximum atomic E-state index is 12.2. The van der Waals surface area contributed by atoms with E-state index in [1.165, 1.54) is 29.1 Å². The lowest BCUT2D eigenvalue weighted by atomic mass is 10.3. The predicted octanol–water partition coefficient (Wildman–Crippen LogP) is 2.50. The average Bonchev–Trinajstić information content (AvgIpc) is 2.83. The van der Waals surface area contributed by atoms with Gasteiger partial charge in [0.15, 0.2) is 0 Å². The summed E-state index contributed by atoms with van der Waals surface area (Å²) in [6.07, 6.45) is 3.47. The molecule has 0 saturated carbocycles. The zero-order valence-electron chi connectivity index (χ0n) is 11.1. The van der Waals surface area contributed by atoms with Crippen LogP contribution in [-0.4, -0.2) is 25.4 Å². The van der Waals surface area contributed by atoms with Gasteiger partial charge in [0.1, 0.15) is 10.8 Å². The minimum atomic E-state index is -0.543. The van der Waals surface area contributed by atoms with Gasteiger partial charge in [0.05, 0.1) is 11.1 Å². The Bertz CT molecular complexity index is 685. The van der Waals surface area contributed by atoms with E-state index in [4.69, 9.17) is 11.6 Å². The lowest BCUT2D eigenvalue weighted by molar-refractivity contribution is -0.384. The van der Waals surface area contributed by atoms with Crippen LogP contribution in [0.1, 0.15) is 23.8 Å². The SMILES string of the molecule is CCCn1cc([N+](=O)[O-])cc1C(=O)Nc1nccc(Cl)n1. The summed E-state index contributed by atoms with van der Waals surface area (Å²) >= 11 is 5.70. The van der Waals surface area contributed by atoms with Crippen molar-refractivity contribution in [3.8, 4) is 0 Å². The summed E-state index contributed by atoms with van der Waals surface area (Å²) < 4.78 is 1.53. The van der Waals surface area contributed by atoms with Crippen LogP contribution in [0.15, 0.2) is 24.5 Å². The van der Waals surface area contributed by atoms with Gasteiger partial charge in [-0.1, -0.05) is 18.5 Å². The lowest BCUT2D eigenvalue weighted by Gasteiger charge is -2.07. The molecule has 0 fully saturated rings. The van der Waals surface area contributed by atoms with Crippen molar-refractivity contribution < 1.29 is 9.72 Å². The number of aromatic nitrogens is 3. The third kappa shape index (κ3) is 3.54. The van der Waals surface area contributed by atoms with E-state index in [1.54, 1.807) is 0 Å². The Morgan fingerprint density at radius 1 is 1.57 bits per heavy atom. The molecule has 2 aromatic rings. The fourth-order valence-corrected chi connectivity index (χ4v) is 1.91. The fraction of sp³-hybridized carbons (Fsp3) is 0.250. The number of nitrogens with zero attached hydrogens (tertiary/aromatic N) is 4. The van der Waals surface area contributed by atoms with Crippen LogP contribution in [0.2, 0.25) is 5.15 Å². The van der Waals surface area contributed by atoms with E-state index >= 15 is 0 Å². The third-order valence-electron chi connectivity index (χ3n) is 2.64. The van der Waals surface area contributed by atoms with Crippen molar-refractivity contribution >= 4 is 29.1 Å². The molecule has 8 nitrogen and oxygen atoms in total. The Morgan fingerprint density at radius 2 is 2.33 bits per heavy atom. The minimum absolute atomic E-state index is 0.0411. The number of amides is 1. The molecule has 0 aliphatic heterocycles. The number of anilines is 1. The molecule has 0 unspecified atom stereocenters. The maximum Gasteiger partial charge on any atom is 0.287 e. The summed E-state index contributed by atoms with van der Waals surface area (Å²) in [4.78, 5) is 30.1. The summed E-state index contributed by atoms with van der Waals surface area (Å²) in [6, 6.07) is 2.69. The van der Waals surface area contributed by atoms with Crippen molar-refractivity contribution in [2.45, 2.75) is 19.9 Å². The molecule has 0 bridgehead atoms. The molecule has 0 aliphatic carbocycles. The van der Waals surface area contributed by atoms with E-state index in [0.717, 1.165) is 6.42 Å². The van der Waals surface area contributed by atoms with Gasteiger partial charge in [0, 0.05) is 18.8 Å². The molecular weight excluding hydrogens is 298 g/mol. The largest absolute Gasteiger partial charge is 0.337 e. The summed E-state index contributed by atoms with van der Waals surface area (Å²) in [5, 5.41) is 13.5. The number of carbonyl (C=O) groups is 1. The van der Waals surface area contributed by atoms with Crippen molar-refractivity contribution in [1.82, 2.24) is 14.5 Å². The van der Waals surface area contributed by atoms with Gasteiger partial charge in [-0.05, 0) is 12.5 Å². The average molecular weight is 310 g/mol. The Kier molecular flexibility index (Phi) is 4.49. The Balaban J connectivity index is 2.27. The summed E-state index contributed by atoms with van der Waals surface area (Å²) in [5.74, 6) is -0.488. The number of rotatable bonds is 5. The van der Waals surface area contributed by atoms with Crippen molar-refractivity contribution in [1.29, 1.82) is 0 Å². The van der Waals surface area contributed by atoms with Crippen molar-refractivity contribution in [2.24, 2.45) is 0 Å². The lowest BCUT2D eigenvalue weighted by Crippen LogP contribution is -2.18. The molecule has 0 saturated heterocycles. The van der Waals surface area contributed by atoms with E-state index in [1.807, 2.05) is 6.92 Å². The summed E-state index contributed by atoms with van der Waals surface area (Å²) in [7, 11) is 0. The normalized spacial score (nSPS) is 10.4. The predicted molar refractivity (Wildman–Crippen MR) is 76.4 cm³/mol. The first-order valence-electron chi connectivity index (χ1n) is 6.15. The monoisotopic (exact) mass is 309 g/mol. The quantitative estimate of drug-likeness (QED) is 0.519. The molecule has 1 N–H and O–H groups in total. The fourth-order valence-electron chi connectivity index (χ4n) is 1.77. The van der Waals surface area contributed by atoms with E-state index in [9.17, 15) is 14.9 Å². The number of aryl methyl sites for hydroxylation is 1. The Hall–Kier alpha value is -2.48. The second kappa shape index (κ2) is 6.31. The number of carbonyl (C=O) groups excluding carboxylic acids is 1. The Morgan fingerprint density at radius 3 is 2.95 bits per heavy atom. The van der Waals surface area contributed by atoms with Crippen molar-refractivity contribution in [3.05, 3.63) is 45.5 Å². The molecule has 110 valence electrons. The highest BCUT2D eigenvalue weighted by Gasteiger charge is 2.19. The first-order valence-corrected chi connectivity index (χ1v) is 6.53. The van der Waals surface area contributed by atoms with Gasteiger partial charge in [-0.3, -0.25) is 20.2 Å². The van der Waals surface area contributed by atoms with Gasteiger partial charge in [-0.25, -0.2) is 9.97 Å². The van der Waals surface area contributed by atoms with Crippen molar-refractivity contribution in [2.75, 3.05) is 5.32 Å².